The highest BCUT2D eigenvalue weighted by molar-refractivity contribution is 7.99. The van der Waals surface area contributed by atoms with Crippen molar-refractivity contribution in [3.63, 3.8) is 0 Å². The first-order chi connectivity index (χ1) is 15.2. The van der Waals surface area contributed by atoms with Gasteiger partial charge in [0.2, 0.25) is 0 Å². The van der Waals surface area contributed by atoms with Gasteiger partial charge in [0, 0.05) is 25.5 Å². The number of hydrogen-bond acceptors (Lipinski definition) is 7. The number of aryl methyl sites for hydroxylation is 2. The Bertz CT molecular complexity index is 1060. The van der Waals surface area contributed by atoms with E-state index in [9.17, 15) is 13.2 Å². The van der Waals surface area contributed by atoms with Crippen LogP contribution >= 0.6 is 23.1 Å². The molecule has 1 fully saturated rings. The van der Waals surface area contributed by atoms with Crippen LogP contribution in [0.1, 0.15) is 40.7 Å². The number of aromatic nitrogens is 5. The molecule has 1 atom stereocenters. The second kappa shape index (κ2) is 9.48. The van der Waals surface area contributed by atoms with Crippen LogP contribution in [0.3, 0.4) is 0 Å². The maximum Gasteiger partial charge on any atom is 0.433 e. The molecule has 0 spiro atoms. The van der Waals surface area contributed by atoms with Gasteiger partial charge in [0.05, 0.1) is 15.6 Å². The molecule has 3 aromatic rings. The van der Waals surface area contributed by atoms with Crippen LogP contribution in [0.4, 0.5) is 13.2 Å². The molecule has 0 radical (unpaired) electrons. The number of thiazole rings is 1. The van der Waals surface area contributed by atoms with Gasteiger partial charge in [-0.15, -0.1) is 21.5 Å². The van der Waals surface area contributed by atoms with E-state index in [1.165, 1.54) is 6.20 Å². The van der Waals surface area contributed by atoms with Crippen LogP contribution in [0, 0.1) is 13.8 Å². The van der Waals surface area contributed by atoms with Crippen molar-refractivity contribution in [2.45, 2.75) is 43.9 Å². The van der Waals surface area contributed by atoms with Crippen molar-refractivity contribution in [1.82, 2.24) is 29.6 Å². The van der Waals surface area contributed by atoms with Gasteiger partial charge in [-0.3, -0.25) is 4.98 Å². The molecular weight excluding hydrogens is 457 g/mol. The summed E-state index contributed by atoms with van der Waals surface area (Å²) in [6.45, 7) is 6.74. The standard InChI is InChI=1S/C21H25F3N6S2/c1-13-18(32-14(2)26-13)19-27-28-20(29(19)3)31-10-4-8-30-9-7-16(12-30)15-5-6-17(25-11-15)21(22,23)24/h5-6,11,16H,4,7-10,12H2,1-3H3. The smallest absolute Gasteiger partial charge is 0.304 e. The highest BCUT2D eigenvalue weighted by atomic mass is 32.2. The fourth-order valence-corrected chi connectivity index (χ4v) is 5.73. The molecule has 0 bridgehead atoms. The molecule has 3 aromatic heterocycles. The van der Waals surface area contributed by atoms with Gasteiger partial charge in [-0.05, 0) is 57.3 Å². The molecule has 4 heterocycles. The summed E-state index contributed by atoms with van der Waals surface area (Å²) in [5, 5.41) is 10.6. The SMILES string of the molecule is Cc1nc(C)c(-c2nnc(SCCCN3CCC(c4ccc(C(F)(F)F)nc4)C3)n2C)s1. The summed E-state index contributed by atoms with van der Waals surface area (Å²) in [6, 6.07) is 2.65. The van der Waals surface area contributed by atoms with Crippen LogP contribution < -0.4 is 0 Å². The lowest BCUT2D eigenvalue weighted by molar-refractivity contribution is -0.141. The summed E-state index contributed by atoms with van der Waals surface area (Å²) in [6.07, 6.45) is -1.06. The van der Waals surface area contributed by atoms with Crippen molar-refractivity contribution < 1.29 is 13.2 Å². The third-order valence-electron chi connectivity index (χ3n) is 5.61. The Hall–Kier alpha value is -1.98. The Kier molecular flexibility index (Phi) is 6.87. The van der Waals surface area contributed by atoms with Crippen LogP contribution in [0.25, 0.3) is 10.7 Å². The maximum absolute atomic E-state index is 12.7. The first-order valence-electron chi connectivity index (χ1n) is 10.4. The molecule has 4 rings (SSSR count). The average Bonchev–Trinajstić information content (AvgIpc) is 3.44. The van der Waals surface area contributed by atoms with Crippen molar-refractivity contribution >= 4 is 23.1 Å². The minimum atomic E-state index is -4.39. The molecule has 6 nitrogen and oxygen atoms in total. The highest BCUT2D eigenvalue weighted by Gasteiger charge is 2.32. The van der Waals surface area contributed by atoms with Crippen molar-refractivity contribution in [2.75, 3.05) is 25.4 Å². The van der Waals surface area contributed by atoms with E-state index >= 15 is 0 Å². The first-order valence-corrected chi connectivity index (χ1v) is 12.2. The van der Waals surface area contributed by atoms with E-state index in [4.69, 9.17) is 0 Å². The molecule has 1 unspecified atom stereocenters. The van der Waals surface area contributed by atoms with Crippen LogP contribution in [-0.2, 0) is 13.2 Å². The van der Waals surface area contributed by atoms with Crippen LogP contribution in [0.15, 0.2) is 23.5 Å². The van der Waals surface area contributed by atoms with E-state index in [0.717, 1.165) is 76.4 Å². The summed E-state index contributed by atoms with van der Waals surface area (Å²) < 4.78 is 40.1. The molecule has 11 heteroatoms. The van der Waals surface area contributed by atoms with Crippen LogP contribution in [0.5, 0.6) is 0 Å². The Morgan fingerprint density at radius 2 is 2.03 bits per heavy atom. The fourth-order valence-electron chi connectivity index (χ4n) is 3.95. The van der Waals surface area contributed by atoms with E-state index in [1.54, 1.807) is 29.2 Å². The molecule has 0 amide bonds. The number of halogens is 3. The molecule has 0 aliphatic carbocycles. The van der Waals surface area contributed by atoms with Crippen molar-refractivity contribution in [2.24, 2.45) is 7.05 Å². The van der Waals surface area contributed by atoms with Gasteiger partial charge < -0.3 is 9.47 Å². The number of pyridine rings is 1. The summed E-state index contributed by atoms with van der Waals surface area (Å²) in [4.78, 5) is 11.5. The van der Waals surface area contributed by atoms with Crippen LogP contribution in [-0.4, -0.2) is 55.0 Å². The maximum atomic E-state index is 12.7. The van der Waals surface area contributed by atoms with E-state index in [2.05, 4.69) is 25.1 Å². The van der Waals surface area contributed by atoms with E-state index in [0.29, 0.717) is 0 Å². The molecule has 0 N–H and O–H groups in total. The largest absolute Gasteiger partial charge is 0.433 e. The zero-order chi connectivity index (χ0) is 22.9. The molecular formula is C21H25F3N6S2. The molecule has 172 valence electrons. The number of nitrogens with zero attached hydrogens (tertiary/aromatic N) is 6. The van der Waals surface area contributed by atoms with E-state index < -0.39 is 11.9 Å². The average molecular weight is 483 g/mol. The van der Waals surface area contributed by atoms with E-state index in [1.807, 2.05) is 25.5 Å². The first kappa shape index (κ1) is 23.2. The minimum Gasteiger partial charge on any atom is -0.304 e. The lowest BCUT2D eigenvalue weighted by Gasteiger charge is -2.16. The fraction of sp³-hybridized carbons (Fsp3) is 0.524. The summed E-state index contributed by atoms with van der Waals surface area (Å²) in [5.74, 6) is 2.02. The zero-order valence-electron chi connectivity index (χ0n) is 18.2. The lowest BCUT2D eigenvalue weighted by Crippen LogP contribution is -2.22. The predicted molar refractivity (Wildman–Crippen MR) is 120 cm³/mol. The second-order valence-corrected chi connectivity index (χ2v) is 10.2. The topological polar surface area (TPSA) is 59.7 Å². The van der Waals surface area contributed by atoms with Crippen LogP contribution in [0.2, 0.25) is 0 Å². The Balaban J connectivity index is 1.24. The monoisotopic (exact) mass is 482 g/mol. The van der Waals surface area contributed by atoms with Gasteiger partial charge in [-0.1, -0.05) is 17.8 Å². The quantitative estimate of drug-likeness (QED) is 0.351. The zero-order valence-corrected chi connectivity index (χ0v) is 19.8. The van der Waals surface area contributed by atoms with Gasteiger partial charge >= 0.3 is 6.18 Å². The summed E-state index contributed by atoms with van der Waals surface area (Å²) >= 11 is 3.32. The molecule has 1 saturated heterocycles. The Labute approximate surface area is 193 Å². The number of rotatable bonds is 7. The number of hydrogen-bond donors (Lipinski definition) is 0. The lowest BCUT2D eigenvalue weighted by atomic mass is 10.0. The van der Waals surface area contributed by atoms with Crippen molar-refractivity contribution in [3.05, 3.63) is 40.3 Å². The number of thioether (sulfide) groups is 1. The second-order valence-electron chi connectivity index (χ2n) is 7.98. The molecule has 1 aliphatic rings. The van der Waals surface area contributed by atoms with Gasteiger partial charge in [-0.25, -0.2) is 4.98 Å². The van der Waals surface area contributed by atoms with E-state index in [-0.39, 0.29) is 5.92 Å². The van der Waals surface area contributed by atoms with Gasteiger partial charge in [-0.2, -0.15) is 13.2 Å². The predicted octanol–water partition coefficient (Wildman–Crippen LogP) is 4.94. The summed E-state index contributed by atoms with van der Waals surface area (Å²) in [7, 11) is 1.98. The minimum absolute atomic E-state index is 0.241. The normalized spacial score (nSPS) is 17.4. The van der Waals surface area contributed by atoms with Crippen molar-refractivity contribution in [3.8, 4) is 10.7 Å². The third kappa shape index (κ3) is 5.15. The van der Waals surface area contributed by atoms with Gasteiger partial charge in [0.25, 0.3) is 0 Å². The van der Waals surface area contributed by atoms with Crippen molar-refractivity contribution in [1.29, 1.82) is 0 Å². The number of alkyl halides is 3. The number of likely N-dealkylation sites (tertiary alicyclic amines) is 1. The molecule has 0 saturated carbocycles. The Morgan fingerprint density at radius 1 is 1.22 bits per heavy atom. The Morgan fingerprint density at radius 3 is 2.69 bits per heavy atom. The molecule has 0 aromatic carbocycles. The summed E-state index contributed by atoms with van der Waals surface area (Å²) in [5.41, 5.74) is 1.03. The van der Waals surface area contributed by atoms with Gasteiger partial charge in [0.15, 0.2) is 11.0 Å². The molecule has 32 heavy (non-hydrogen) atoms. The third-order valence-corrected chi connectivity index (χ3v) is 7.79. The van der Waals surface area contributed by atoms with Gasteiger partial charge in [0.1, 0.15) is 5.69 Å². The molecule has 1 aliphatic heterocycles. The highest BCUT2D eigenvalue weighted by Crippen LogP contribution is 2.32.